The molecule has 0 radical (unpaired) electrons. The number of carbonyl (C=O) groups excluding carboxylic acids is 1. The third kappa shape index (κ3) is 2.49. The van der Waals surface area contributed by atoms with Crippen molar-refractivity contribution in [1.82, 2.24) is 0 Å². The lowest BCUT2D eigenvalue weighted by Crippen LogP contribution is -2.37. The Morgan fingerprint density at radius 2 is 2.20 bits per heavy atom. The zero-order valence-corrected chi connectivity index (χ0v) is 9.16. The fourth-order valence-corrected chi connectivity index (χ4v) is 2.56. The first kappa shape index (κ1) is 10.9. The van der Waals surface area contributed by atoms with Gasteiger partial charge in [0, 0.05) is 19.3 Å². The molecule has 1 atom stereocenters. The molecule has 1 unspecified atom stereocenters. The van der Waals surface area contributed by atoms with Crippen LogP contribution in [0.15, 0.2) is 0 Å². The third-order valence-corrected chi connectivity index (χ3v) is 3.27. The van der Waals surface area contributed by atoms with Gasteiger partial charge in [-0.2, -0.15) is 0 Å². The Balaban J connectivity index is 1.89. The van der Waals surface area contributed by atoms with Gasteiger partial charge in [-0.25, -0.2) is 0 Å². The van der Waals surface area contributed by atoms with E-state index in [1.165, 1.54) is 7.11 Å². The molecule has 15 heavy (non-hydrogen) atoms. The van der Waals surface area contributed by atoms with Crippen LogP contribution in [0.2, 0.25) is 0 Å². The molecule has 1 aliphatic heterocycles. The first-order chi connectivity index (χ1) is 7.24. The van der Waals surface area contributed by atoms with Crippen LogP contribution in [-0.4, -0.2) is 32.1 Å². The molecule has 4 heteroatoms. The van der Waals surface area contributed by atoms with Gasteiger partial charge in [-0.1, -0.05) is 0 Å². The van der Waals surface area contributed by atoms with Gasteiger partial charge in [-0.15, -0.1) is 0 Å². The summed E-state index contributed by atoms with van der Waals surface area (Å²) < 4.78 is 16.0. The van der Waals surface area contributed by atoms with Gasteiger partial charge in [0.2, 0.25) is 0 Å². The van der Waals surface area contributed by atoms with Gasteiger partial charge in [-0.05, 0) is 18.8 Å². The quantitative estimate of drug-likeness (QED) is 0.653. The fourth-order valence-electron chi connectivity index (χ4n) is 2.56. The Hall–Kier alpha value is -0.610. The van der Waals surface area contributed by atoms with Crippen molar-refractivity contribution < 1.29 is 19.0 Å². The standard InChI is InChI=1S/C11H18O4/c1-13-10(12)7-9-3-2-4-11(8-9)14-5-6-15-11/h9H,2-8H2,1H3. The topological polar surface area (TPSA) is 44.8 Å². The molecule has 0 amide bonds. The van der Waals surface area contributed by atoms with Crippen molar-refractivity contribution in [2.75, 3.05) is 20.3 Å². The number of methoxy groups -OCH3 is 1. The number of carbonyl (C=O) groups is 1. The van der Waals surface area contributed by atoms with Gasteiger partial charge in [-0.3, -0.25) is 4.79 Å². The molecule has 2 aliphatic rings. The normalized spacial score (nSPS) is 29.3. The summed E-state index contributed by atoms with van der Waals surface area (Å²) in [5.41, 5.74) is 0. The molecule has 86 valence electrons. The van der Waals surface area contributed by atoms with Crippen LogP contribution in [0.5, 0.6) is 0 Å². The minimum Gasteiger partial charge on any atom is -0.469 e. The van der Waals surface area contributed by atoms with E-state index in [1.54, 1.807) is 0 Å². The van der Waals surface area contributed by atoms with Crippen LogP contribution in [0.25, 0.3) is 0 Å². The van der Waals surface area contributed by atoms with E-state index in [4.69, 9.17) is 9.47 Å². The van der Waals surface area contributed by atoms with Crippen molar-refractivity contribution >= 4 is 5.97 Å². The number of ether oxygens (including phenoxy) is 3. The largest absolute Gasteiger partial charge is 0.469 e. The van der Waals surface area contributed by atoms with Gasteiger partial charge in [0.05, 0.1) is 20.3 Å². The Bertz CT molecular complexity index is 233. The highest BCUT2D eigenvalue weighted by molar-refractivity contribution is 5.69. The Labute approximate surface area is 89.9 Å². The minimum atomic E-state index is -0.378. The molecule has 1 saturated heterocycles. The van der Waals surface area contributed by atoms with Gasteiger partial charge >= 0.3 is 5.97 Å². The highest BCUT2D eigenvalue weighted by Gasteiger charge is 2.41. The van der Waals surface area contributed by atoms with E-state index < -0.39 is 0 Å². The first-order valence-electron chi connectivity index (χ1n) is 5.59. The van der Waals surface area contributed by atoms with Crippen LogP contribution in [0.4, 0.5) is 0 Å². The summed E-state index contributed by atoms with van der Waals surface area (Å²) in [6.07, 6.45) is 4.43. The lowest BCUT2D eigenvalue weighted by molar-refractivity contribution is -0.188. The molecular weight excluding hydrogens is 196 g/mol. The van der Waals surface area contributed by atoms with E-state index in [1.807, 2.05) is 0 Å². The van der Waals surface area contributed by atoms with Gasteiger partial charge in [0.1, 0.15) is 0 Å². The summed E-state index contributed by atoms with van der Waals surface area (Å²) in [4.78, 5) is 11.2. The maximum Gasteiger partial charge on any atom is 0.305 e. The smallest absolute Gasteiger partial charge is 0.305 e. The van der Waals surface area contributed by atoms with Crippen LogP contribution < -0.4 is 0 Å². The molecule has 0 aromatic carbocycles. The molecular formula is C11H18O4. The van der Waals surface area contributed by atoms with Crippen LogP contribution in [0, 0.1) is 5.92 Å². The summed E-state index contributed by atoms with van der Waals surface area (Å²) >= 11 is 0. The zero-order valence-electron chi connectivity index (χ0n) is 9.16. The molecule has 1 heterocycles. The fraction of sp³-hybridized carbons (Fsp3) is 0.909. The predicted molar refractivity (Wildman–Crippen MR) is 53.2 cm³/mol. The average Bonchev–Trinajstić information content (AvgIpc) is 2.66. The molecule has 2 fully saturated rings. The molecule has 1 saturated carbocycles. The molecule has 0 N–H and O–H groups in total. The second-order valence-corrected chi connectivity index (χ2v) is 4.35. The number of hydrogen-bond acceptors (Lipinski definition) is 4. The molecule has 1 spiro atoms. The number of hydrogen-bond donors (Lipinski definition) is 0. The van der Waals surface area contributed by atoms with E-state index in [2.05, 4.69) is 4.74 Å². The van der Waals surface area contributed by atoms with Crippen molar-refractivity contribution in [3.63, 3.8) is 0 Å². The highest BCUT2D eigenvalue weighted by atomic mass is 16.7. The Kier molecular flexibility index (Phi) is 3.26. The number of esters is 1. The molecule has 0 aromatic heterocycles. The lowest BCUT2D eigenvalue weighted by atomic mass is 9.83. The van der Waals surface area contributed by atoms with E-state index >= 15 is 0 Å². The van der Waals surface area contributed by atoms with E-state index in [-0.39, 0.29) is 11.8 Å². The maximum atomic E-state index is 11.2. The second-order valence-electron chi connectivity index (χ2n) is 4.35. The SMILES string of the molecule is COC(=O)CC1CCCC2(C1)OCCO2. The van der Waals surface area contributed by atoms with E-state index in [0.717, 1.165) is 25.7 Å². The molecule has 2 rings (SSSR count). The van der Waals surface area contributed by atoms with Crippen LogP contribution in [0.3, 0.4) is 0 Å². The van der Waals surface area contributed by atoms with Gasteiger partial charge < -0.3 is 14.2 Å². The predicted octanol–water partition coefficient (Wildman–Crippen LogP) is 1.48. The van der Waals surface area contributed by atoms with Gasteiger partial charge in [0.15, 0.2) is 5.79 Å². The van der Waals surface area contributed by atoms with E-state index in [9.17, 15) is 4.79 Å². The van der Waals surface area contributed by atoms with Crippen molar-refractivity contribution in [1.29, 1.82) is 0 Å². The summed E-state index contributed by atoms with van der Waals surface area (Å²) in [6.45, 7) is 1.37. The summed E-state index contributed by atoms with van der Waals surface area (Å²) in [6, 6.07) is 0. The van der Waals surface area contributed by atoms with Crippen LogP contribution >= 0.6 is 0 Å². The Morgan fingerprint density at radius 1 is 1.47 bits per heavy atom. The first-order valence-corrected chi connectivity index (χ1v) is 5.59. The lowest BCUT2D eigenvalue weighted by Gasteiger charge is -2.35. The monoisotopic (exact) mass is 214 g/mol. The highest BCUT2D eigenvalue weighted by Crippen LogP contribution is 2.39. The summed E-state index contributed by atoms with van der Waals surface area (Å²) in [5, 5.41) is 0. The van der Waals surface area contributed by atoms with Crippen molar-refractivity contribution in [2.45, 2.75) is 37.9 Å². The molecule has 0 bridgehead atoms. The molecule has 4 nitrogen and oxygen atoms in total. The zero-order chi connectivity index (χ0) is 10.7. The van der Waals surface area contributed by atoms with Gasteiger partial charge in [0.25, 0.3) is 0 Å². The summed E-state index contributed by atoms with van der Waals surface area (Å²) in [7, 11) is 1.43. The average molecular weight is 214 g/mol. The third-order valence-electron chi connectivity index (χ3n) is 3.27. The Morgan fingerprint density at radius 3 is 2.87 bits per heavy atom. The van der Waals surface area contributed by atoms with Crippen LogP contribution in [0.1, 0.15) is 32.1 Å². The maximum absolute atomic E-state index is 11.2. The second kappa shape index (κ2) is 4.49. The van der Waals surface area contributed by atoms with Crippen LogP contribution in [-0.2, 0) is 19.0 Å². The van der Waals surface area contributed by atoms with Crippen molar-refractivity contribution in [3.05, 3.63) is 0 Å². The number of rotatable bonds is 2. The molecule has 1 aliphatic carbocycles. The summed E-state index contributed by atoms with van der Waals surface area (Å²) in [5.74, 6) is -0.156. The van der Waals surface area contributed by atoms with Crippen molar-refractivity contribution in [3.8, 4) is 0 Å². The van der Waals surface area contributed by atoms with E-state index in [0.29, 0.717) is 25.6 Å². The molecule has 0 aromatic rings. The van der Waals surface area contributed by atoms with Crippen molar-refractivity contribution in [2.24, 2.45) is 5.92 Å². The minimum absolute atomic E-state index is 0.130.